The zero-order valence-corrected chi connectivity index (χ0v) is 13.3. The fourth-order valence-electron chi connectivity index (χ4n) is 2.84. The average molecular weight is 302 g/mol. The van der Waals surface area contributed by atoms with E-state index in [0.29, 0.717) is 0 Å². The fourth-order valence-corrected chi connectivity index (χ4v) is 2.84. The maximum atomic E-state index is 5.45. The summed E-state index contributed by atoms with van der Waals surface area (Å²) in [4.78, 5) is 0. The highest BCUT2D eigenvalue weighted by Crippen LogP contribution is 2.33. The van der Waals surface area contributed by atoms with Crippen LogP contribution in [0.3, 0.4) is 0 Å². The van der Waals surface area contributed by atoms with E-state index in [1.165, 1.54) is 11.1 Å². The van der Waals surface area contributed by atoms with Gasteiger partial charge in [0.15, 0.2) is 0 Å². The van der Waals surface area contributed by atoms with Crippen LogP contribution in [0.25, 0.3) is 12.2 Å². The van der Waals surface area contributed by atoms with Crippen molar-refractivity contribution in [3.8, 4) is 0 Å². The minimum absolute atomic E-state index is 0.0105. The normalized spacial score (nSPS) is 16.5. The number of benzene rings is 2. The number of carbonyl (C=O) groups excluding carboxylic acids is 1. The van der Waals surface area contributed by atoms with Crippen molar-refractivity contribution in [1.82, 2.24) is 0 Å². The van der Waals surface area contributed by atoms with Crippen LogP contribution in [-0.2, 0) is 4.42 Å². The molecule has 0 bridgehead atoms. The molecule has 0 aromatic heterocycles. The van der Waals surface area contributed by atoms with Crippen molar-refractivity contribution in [3.63, 3.8) is 0 Å². The summed E-state index contributed by atoms with van der Waals surface area (Å²) in [5, 5.41) is 0. The standard InChI is InChI=1S/C22H22O/c1-3-9-20(10-4-1)13-7-15-22(17-18-23-19-22)16-8-14-21-11-5-2-6-12-21/h1-14H,15-18H2/b13-7+,14-8+. The summed E-state index contributed by atoms with van der Waals surface area (Å²) in [6, 6.07) is 20.8. The van der Waals surface area contributed by atoms with Gasteiger partial charge in [-0.05, 0) is 30.3 Å². The molecule has 0 radical (unpaired) electrons. The molecular weight excluding hydrogens is 280 g/mol. The molecule has 1 heterocycles. The van der Waals surface area contributed by atoms with E-state index in [-0.39, 0.29) is 5.41 Å². The van der Waals surface area contributed by atoms with Gasteiger partial charge in [-0.15, -0.1) is 0 Å². The van der Waals surface area contributed by atoms with E-state index in [1.807, 2.05) is 12.1 Å². The first kappa shape index (κ1) is 15.5. The van der Waals surface area contributed by atoms with Crippen LogP contribution in [0.1, 0.15) is 30.4 Å². The van der Waals surface area contributed by atoms with Crippen LogP contribution in [0.5, 0.6) is 0 Å². The molecular formula is C22H22O. The quantitative estimate of drug-likeness (QED) is 0.511. The molecule has 0 amide bonds. The molecule has 0 saturated heterocycles. The minimum Gasteiger partial charge on any atom is -0.456 e. The lowest BCUT2D eigenvalue weighted by atomic mass is 9.80. The summed E-state index contributed by atoms with van der Waals surface area (Å²) in [5.41, 5.74) is 2.49. The van der Waals surface area contributed by atoms with E-state index in [4.69, 9.17) is 4.42 Å². The summed E-state index contributed by atoms with van der Waals surface area (Å²) >= 11 is 0. The summed E-state index contributed by atoms with van der Waals surface area (Å²) in [6.07, 6.45) is 15.0. The van der Waals surface area contributed by atoms with Gasteiger partial charge in [-0.1, -0.05) is 90.4 Å². The van der Waals surface area contributed by atoms with Crippen LogP contribution in [0.2, 0.25) is 0 Å². The Morgan fingerprint density at radius 2 is 1.35 bits per heavy atom. The predicted octanol–water partition coefficient (Wildman–Crippen LogP) is 5.23. The molecule has 0 aliphatic carbocycles. The van der Waals surface area contributed by atoms with Crippen LogP contribution in [0.15, 0.2) is 72.8 Å². The topological polar surface area (TPSA) is 11.3 Å². The van der Waals surface area contributed by atoms with Gasteiger partial charge in [0.1, 0.15) is 0 Å². The third kappa shape index (κ3) is 4.53. The molecule has 0 spiro atoms. The van der Waals surface area contributed by atoms with Gasteiger partial charge < -0.3 is 4.42 Å². The second-order valence-corrected chi connectivity index (χ2v) is 6.02. The summed E-state index contributed by atoms with van der Waals surface area (Å²) < 4.78 is 5.45. The van der Waals surface area contributed by atoms with E-state index >= 15 is 0 Å². The number of hydrogen-bond acceptors (Lipinski definition) is 0. The third-order valence-corrected chi connectivity index (χ3v) is 4.21. The van der Waals surface area contributed by atoms with E-state index in [0.717, 1.165) is 25.9 Å². The van der Waals surface area contributed by atoms with Crippen molar-refractivity contribution in [1.29, 1.82) is 0 Å². The Hall–Kier alpha value is -2.41. The van der Waals surface area contributed by atoms with Crippen LogP contribution in [-0.4, -0.2) is 12.9 Å². The molecule has 116 valence electrons. The fraction of sp³-hybridized carbons (Fsp3) is 0.227. The lowest BCUT2D eigenvalue weighted by Crippen LogP contribution is -2.17. The Kier molecular flexibility index (Phi) is 5.21. The third-order valence-electron chi connectivity index (χ3n) is 4.21. The Bertz CT molecular complexity index is 629. The first-order chi connectivity index (χ1) is 11.4. The Labute approximate surface area is 138 Å². The molecule has 1 nitrogen and oxygen atoms in total. The summed E-state index contributed by atoms with van der Waals surface area (Å²) in [6.45, 7) is 0.776. The van der Waals surface area contributed by atoms with Gasteiger partial charge in [0, 0.05) is 6.42 Å². The summed E-state index contributed by atoms with van der Waals surface area (Å²) in [5.74, 6) is 0. The van der Waals surface area contributed by atoms with Crippen molar-refractivity contribution in [2.75, 3.05) is 6.61 Å². The second kappa shape index (κ2) is 7.73. The van der Waals surface area contributed by atoms with E-state index in [1.54, 1.807) is 0 Å². The Morgan fingerprint density at radius 3 is 1.78 bits per heavy atom. The highest BCUT2D eigenvalue weighted by Gasteiger charge is 2.26. The van der Waals surface area contributed by atoms with Crippen molar-refractivity contribution in [2.24, 2.45) is 5.41 Å². The lowest BCUT2D eigenvalue weighted by molar-refractivity contribution is 0.128. The van der Waals surface area contributed by atoms with Crippen molar-refractivity contribution in [2.45, 2.75) is 19.3 Å². The molecule has 2 aromatic rings. The van der Waals surface area contributed by atoms with Crippen LogP contribution < -0.4 is 0 Å². The van der Waals surface area contributed by atoms with Crippen molar-refractivity contribution < 1.29 is 4.42 Å². The van der Waals surface area contributed by atoms with Gasteiger partial charge in [-0.2, -0.15) is 0 Å². The molecule has 1 aliphatic heterocycles. The van der Waals surface area contributed by atoms with Crippen LogP contribution in [0.4, 0.5) is 0 Å². The van der Waals surface area contributed by atoms with E-state index < -0.39 is 0 Å². The number of hydrogen-bond donors (Lipinski definition) is 0. The SMILES string of the molecule is [C-]1=[O+]CCC1(C/C=C/c1ccccc1)C/C=C/c1ccccc1. The molecule has 1 heteroatoms. The molecule has 0 N–H and O–H groups in total. The second-order valence-electron chi connectivity index (χ2n) is 6.02. The molecule has 0 fully saturated rings. The monoisotopic (exact) mass is 302 g/mol. The van der Waals surface area contributed by atoms with Gasteiger partial charge in [0.2, 0.25) is 6.61 Å². The van der Waals surface area contributed by atoms with Gasteiger partial charge in [-0.25, -0.2) is 0 Å². The zero-order chi connectivity index (χ0) is 15.8. The smallest absolute Gasteiger partial charge is 0.216 e. The zero-order valence-electron chi connectivity index (χ0n) is 13.3. The maximum absolute atomic E-state index is 5.45. The number of rotatable bonds is 6. The first-order valence-corrected chi connectivity index (χ1v) is 8.19. The molecule has 2 aromatic carbocycles. The largest absolute Gasteiger partial charge is 0.456 e. The minimum atomic E-state index is 0.0105. The van der Waals surface area contributed by atoms with Gasteiger partial charge in [0.25, 0.3) is 0 Å². The average Bonchev–Trinajstić information content (AvgIpc) is 3.06. The Balaban J connectivity index is 1.62. The molecule has 23 heavy (non-hydrogen) atoms. The van der Waals surface area contributed by atoms with E-state index in [2.05, 4.69) is 79.1 Å². The molecule has 0 unspecified atom stereocenters. The van der Waals surface area contributed by atoms with Gasteiger partial charge >= 0.3 is 0 Å². The van der Waals surface area contributed by atoms with E-state index in [9.17, 15) is 0 Å². The molecule has 0 atom stereocenters. The molecule has 1 aliphatic rings. The summed E-state index contributed by atoms with van der Waals surface area (Å²) in [7, 11) is 0. The highest BCUT2D eigenvalue weighted by atomic mass is 16.4. The van der Waals surface area contributed by atoms with Gasteiger partial charge in [-0.3, -0.25) is 0 Å². The Morgan fingerprint density at radius 1 is 0.826 bits per heavy atom. The van der Waals surface area contributed by atoms with Crippen molar-refractivity contribution in [3.05, 3.63) is 83.9 Å². The first-order valence-electron chi connectivity index (χ1n) is 8.19. The maximum Gasteiger partial charge on any atom is 0.216 e. The molecule has 3 rings (SSSR count). The molecule has 0 saturated carbocycles. The predicted molar refractivity (Wildman–Crippen MR) is 97.8 cm³/mol. The number of allylic oxidation sites excluding steroid dienone is 2. The van der Waals surface area contributed by atoms with Crippen LogP contribution >= 0.6 is 0 Å². The van der Waals surface area contributed by atoms with Crippen LogP contribution in [0, 0.1) is 5.41 Å². The highest BCUT2D eigenvalue weighted by molar-refractivity contribution is 5.64. The van der Waals surface area contributed by atoms with Gasteiger partial charge in [0.05, 0.1) is 0 Å². The lowest BCUT2D eigenvalue weighted by Gasteiger charge is -2.25. The van der Waals surface area contributed by atoms with Crippen molar-refractivity contribution >= 4 is 18.4 Å².